The molecule has 0 aliphatic rings. The van der Waals surface area contributed by atoms with Gasteiger partial charge in [-0.2, -0.15) is 0 Å². The Hall–Kier alpha value is -3.08. The van der Waals surface area contributed by atoms with Gasteiger partial charge in [0.15, 0.2) is 12.4 Å². The first-order valence-corrected chi connectivity index (χ1v) is 8.06. The highest BCUT2D eigenvalue weighted by Crippen LogP contribution is 2.20. The lowest BCUT2D eigenvalue weighted by atomic mass is 10.2. The third kappa shape index (κ3) is 4.94. The number of nitrogens with zero attached hydrogens (tertiary/aromatic N) is 1. The van der Waals surface area contributed by atoms with Crippen LogP contribution in [0.3, 0.4) is 0 Å². The van der Waals surface area contributed by atoms with Gasteiger partial charge in [0.1, 0.15) is 5.75 Å². The number of hydrogen-bond donors (Lipinski definition) is 0. The Bertz CT molecular complexity index is 826. The van der Waals surface area contributed by atoms with Crippen LogP contribution in [0.4, 0.5) is 0 Å². The zero-order valence-electron chi connectivity index (χ0n) is 14.0. The molecule has 1 aromatic heterocycles. The second kappa shape index (κ2) is 8.15. The summed E-state index contributed by atoms with van der Waals surface area (Å²) in [5.41, 5.74) is 2.04. The average Bonchev–Trinajstić information content (AvgIpc) is 3.10. The van der Waals surface area contributed by atoms with Gasteiger partial charge in [0.25, 0.3) is 0 Å². The normalized spacial score (nSPS) is 10.4. The fourth-order valence-corrected chi connectivity index (χ4v) is 2.28. The maximum absolute atomic E-state index is 11.8. The molecule has 0 amide bonds. The minimum atomic E-state index is -0.355. The first kappa shape index (κ1) is 16.8. The monoisotopic (exact) mass is 337 g/mol. The lowest BCUT2D eigenvalue weighted by Crippen LogP contribution is -2.10. The molecule has 0 unspecified atom stereocenters. The molecule has 3 aromatic rings. The number of aryl methyl sites for hydroxylation is 1. The van der Waals surface area contributed by atoms with Gasteiger partial charge in [0, 0.05) is 5.56 Å². The summed E-state index contributed by atoms with van der Waals surface area (Å²) in [6.07, 6.45) is 1.79. The molecule has 0 atom stereocenters. The van der Waals surface area contributed by atoms with E-state index in [1.54, 1.807) is 6.20 Å². The predicted octanol–water partition coefficient (Wildman–Crippen LogP) is 4.16. The van der Waals surface area contributed by atoms with E-state index in [1.165, 1.54) is 0 Å². The highest BCUT2D eigenvalue weighted by molar-refractivity contribution is 5.69. The largest absolute Gasteiger partial charge is 0.493 e. The molecule has 1 heterocycles. The van der Waals surface area contributed by atoms with Crippen LogP contribution in [0.15, 0.2) is 65.2 Å². The number of carbonyl (C=O) groups is 1. The number of oxazole rings is 1. The van der Waals surface area contributed by atoms with E-state index in [9.17, 15) is 4.79 Å². The van der Waals surface area contributed by atoms with Gasteiger partial charge < -0.3 is 13.9 Å². The summed E-state index contributed by atoms with van der Waals surface area (Å²) in [4.78, 5) is 15.9. The van der Waals surface area contributed by atoms with Gasteiger partial charge in [-0.15, -0.1) is 0 Å². The number of aromatic nitrogens is 1. The van der Waals surface area contributed by atoms with Crippen LogP contribution in [0.25, 0.3) is 11.3 Å². The molecule has 0 saturated carbocycles. The highest BCUT2D eigenvalue weighted by Gasteiger charge is 2.09. The number of ether oxygens (including phenoxy) is 2. The Kier molecular flexibility index (Phi) is 5.46. The summed E-state index contributed by atoms with van der Waals surface area (Å²) in [5, 5.41) is 0. The van der Waals surface area contributed by atoms with Gasteiger partial charge in [0.2, 0.25) is 5.89 Å². The van der Waals surface area contributed by atoms with Gasteiger partial charge in [-0.05, 0) is 24.6 Å². The molecule has 0 spiro atoms. The summed E-state index contributed by atoms with van der Waals surface area (Å²) in [5.74, 6) is 1.40. The number of carbonyl (C=O) groups excluding carboxylic acids is 1. The molecule has 0 aliphatic carbocycles. The quantitative estimate of drug-likeness (QED) is 0.606. The Balaban J connectivity index is 1.43. The molecule has 0 saturated heterocycles. The summed E-state index contributed by atoms with van der Waals surface area (Å²) in [6, 6.07) is 17.3. The van der Waals surface area contributed by atoms with Crippen molar-refractivity contribution in [1.82, 2.24) is 4.98 Å². The Morgan fingerprint density at radius 1 is 1.12 bits per heavy atom. The van der Waals surface area contributed by atoms with Crippen molar-refractivity contribution in [2.75, 3.05) is 6.61 Å². The first-order chi connectivity index (χ1) is 12.2. The lowest BCUT2D eigenvalue weighted by Gasteiger charge is -2.06. The second-order valence-corrected chi connectivity index (χ2v) is 5.56. The fraction of sp³-hybridized carbons (Fsp3) is 0.200. The maximum Gasteiger partial charge on any atom is 0.309 e. The van der Waals surface area contributed by atoms with Crippen molar-refractivity contribution >= 4 is 5.97 Å². The van der Waals surface area contributed by atoms with Crippen molar-refractivity contribution < 1.29 is 18.7 Å². The van der Waals surface area contributed by atoms with Crippen LogP contribution in [0.1, 0.15) is 17.9 Å². The minimum Gasteiger partial charge on any atom is -0.493 e. The van der Waals surface area contributed by atoms with Crippen molar-refractivity contribution in [1.29, 1.82) is 0 Å². The maximum atomic E-state index is 11.8. The number of benzene rings is 2. The van der Waals surface area contributed by atoms with Crippen LogP contribution in [-0.2, 0) is 16.1 Å². The first-order valence-electron chi connectivity index (χ1n) is 8.06. The van der Waals surface area contributed by atoms with E-state index in [-0.39, 0.29) is 25.6 Å². The van der Waals surface area contributed by atoms with Crippen molar-refractivity contribution in [2.45, 2.75) is 20.0 Å². The Morgan fingerprint density at radius 3 is 2.76 bits per heavy atom. The van der Waals surface area contributed by atoms with E-state index >= 15 is 0 Å². The van der Waals surface area contributed by atoms with Crippen LogP contribution in [0.2, 0.25) is 0 Å². The molecule has 25 heavy (non-hydrogen) atoms. The molecule has 5 nitrogen and oxygen atoms in total. The zero-order valence-corrected chi connectivity index (χ0v) is 14.0. The Morgan fingerprint density at radius 2 is 1.96 bits per heavy atom. The van der Waals surface area contributed by atoms with Crippen molar-refractivity contribution in [2.24, 2.45) is 0 Å². The molecule has 5 heteroatoms. The highest BCUT2D eigenvalue weighted by atomic mass is 16.5. The standard InChI is InChI=1S/C20H19NO4/c1-15-6-5-9-17(12-15)23-11-10-20(22)24-14-19-21-13-18(25-19)16-7-3-2-4-8-16/h2-9,12-13H,10-11,14H2,1H3. The summed E-state index contributed by atoms with van der Waals surface area (Å²) < 4.78 is 16.3. The predicted molar refractivity (Wildman–Crippen MR) is 93.0 cm³/mol. The number of hydrogen-bond acceptors (Lipinski definition) is 5. The van der Waals surface area contributed by atoms with E-state index < -0.39 is 0 Å². The van der Waals surface area contributed by atoms with E-state index in [0.717, 1.165) is 16.9 Å². The van der Waals surface area contributed by atoms with Crippen molar-refractivity contribution in [3.05, 3.63) is 72.2 Å². The second-order valence-electron chi connectivity index (χ2n) is 5.56. The number of rotatable bonds is 7. The minimum absolute atomic E-state index is 0.0100. The van der Waals surface area contributed by atoms with Crippen molar-refractivity contribution in [3.8, 4) is 17.1 Å². The molecular weight excluding hydrogens is 318 g/mol. The van der Waals surface area contributed by atoms with E-state index in [2.05, 4.69) is 4.98 Å². The molecule has 3 rings (SSSR count). The summed E-state index contributed by atoms with van der Waals surface area (Å²) in [6.45, 7) is 2.26. The third-order valence-electron chi connectivity index (χ3n) is 3.53. The average molecular weight is 337 g/mol. The summed E-state index contributed by atoms with van der Waals surface area (Å²) >= 11 is 0. The zero-order chi connectivity index (χ0) is 17.5. The third-order valence-corrected chi connectivity index (χ3v) is 3.53. The van der Waals surface area contributed by atoms with Crippen LogP contribution in [-0.4, -0.2) is 17.6 Å². The fourth-order valence-electron chi connectivity index (χ4n) is 2.28. The van der Waals surface area contributed by atoms with Gasteiger partial charge in [-0.25, -0.2) is 4.98 Å². The molecule has 0 radical (unpaired) electrons. The van der Waals surface area contributed by atoms with Crippen LogP contribution >= 0.6 is 0 Å². The smallest absolute Gasteiger partial charge is 0.309 e. The van der Waals surface area contributed by atoms with Gasteiger partial charge in [0.05, 0.1) is 19.2 Å². The molecule has 0 fully saturated rings. The van der Waals surface area contributed by atoms with Crippen LogP contribution < -0.4 is 4.74 Å². The van der Waals surface area contributed by atoms with Gasteiger partial charge in [-0.3, -0.25) is 4.79 Å². The summed E-state index contributed by atoms with van der Waals surface area (Å²) in [7, 11) is 0. The molecule has 0 aliphatic heterocycles. The van der Waals surface area contributed by atoms with Gasteiger partial charge >= 0.3 is 5.97 Å². The molecule has 0 N–H and O–H groups in total. The van der Waals surface area contributed by atoms with Crippen LogP contribution in [0.5, 0.6) is 5.75 Å². The topological polar surface area (TPSA) is 61.6 Å². The van der Waals surface area contributed by atoms with Crippen LogP contribution in [0, 0.1) is 6.92 Å². The lowest BCUT2D eigenvalue weighted by molar-refractivity contribution is -0.146. The Labute approximate surface area is 146 Å². The molecular formula is C20H19NO4. The SMILES string of the molecule is Cc1cccc(OCCC(=O)OCc2ncc(-c3ccccc3)o2)c1. The van der Waals surface area contributed by atoms with E-state index in [4.69, 9.17) is 13.9 Å². The molecule has 128 valence electrons. The van der Waals surface area contributed by atoms with Crippen molar-refractivity contribution in [3.63, 3.8) is 0 Å². The van der Waals surface area contributed by atoms with E-state index in [0.29, 0.717) is 11.7 Å². The molecule has 0 bridgehead atoms. The molecule has 2 aromatic carbocycles. The van der Waals surface area contributed by atoms with E-state index in [1.807, 2.05) is 61.5 Å². The van der Waals surface area contributed by atoms with Gasteiger partial charge in [-0.1, -0.05) is 42.5 Å². The number of esters is 1.